The Morgan fingerprint density at radius 1 is 1.29 bits per heavy atom. The molecule has 2 rings (SSSR count). The van der Waals surface area contributed by atoms with Gasteiger partial charge in [-0.1, -0.05) is 0 Å². The highest BCUT2D eigenvalue weighted by Gasteiger charge is 2.49. The predicted molar refractivity (Wildman–Crippen MR) is 77.7 cm³/mol. The molecule has 1 heterocycles. The number of aromatic hydroxyl groups is 1. The summed E-state index contributed by atoms with van der Waals surface area (Å²) in [4.78, 5) is 0. The van der Waals surface area contributed by atoms with Crippen LogP contribution in [0.25, 0.3) is 0 Å². The van der Waals surface area contributed by atoms with Gasteiger partial charge in [0, 0.05) is 6.07 Å². The zero-order valence-corrected chi connectivity index (χ0v) is 12.4. The van der Waals surface area contributed by atoms with E-state index in [4.69, 9.17) is 19.9 Å². The van der Waals surface area contributed by atoms with Crippen molar-refractivity contribution < 1.29 is 19.3 Å². The van der Waals surface area contributed by atoms with Crippen molar-refractivity contribution in [2.75, 3.05) is 40.1 Å². The number of anilines is 1. The molecular weight excluding hydrogens is 276 g/mol. The van der Waals surface area contributed by atoms with Crippen molar-refractivity contribution in [1.29, 1.82) is 0 Å². The number of phenolic OH excluding ortho intramolecular Hbond substituents is 1. The molecule has 1 atom stereocenters. The minimum atomic E-state index is -1.07. The second-order valence-corrected chi connectivity index (χ2v) is 4.76. The molecule has 0 bridgehead atoms. The molecule has 8 heteroatoms. The van der Waals surface area contributed by atoms with E-state index < -0.39 is 11.8 Å². The number of hydrogen-bond donors (Lipinski definition) is 5. The summed E-state index contributed by atoms with van der Waals surface area (Å²) in [6.45, 7) is 0.423. The molecule has 0 saturated carbocycles. The normalized spacial score (nSPS) is 24.1. The standard InChI is InChI=1S/C13H22N4O4/c1-15-12(8-20-13(16-2,17-3)21-12)7-19-11-6-9(18)4-5-10(11)14/h4-6,15-18H,7-8,14H2,1-3H3. The Kier molecular flexibility index (Phi) is 4.55. The number of benzene rings is 1. The maximum atomic E-state index is 9.48. The molecule has 1 aromatic rings. The van der Waals surface area contributed by atoms with Gasteiger partial charge in [0.05, 0.1) is 12.3 Å². The van der Waals surface area contributed by atoms with E-state index in [1.807, 2.05) is 0 Å². The summed E-state index contributed by atoms with van der Waals surface area (Å²) in [5, 5.41) is 18.4. The van der Waals surface area contributed by atoms with Crippen LogP contribution in [0.1, 0.15) is 0 Å². The van der Waals surface area contributed by atoms with Crippen LogP contribution in [-0.4, -0.2) is 51.2 Å². The summed E-state index contributed by atoms with van der Waals surface area (Å²) in [5.74, 6) is 0.473. The summed E-state index contributed by atoms with van der Waals surface area (Å²) in [6.07, 6.45) is 0. The third-order valence-corrected chi connectivity index (χ3v) is 3.42. The van der Waals surface area contributed by atoms with Crippen LogP contribution >= 0.6 is 0 Å². The molecule has 0 aliphatic carbocycles. The van der Waals surface area contributed by atoms with Crippen LogP contribution in [0.4, 0.5) is 5.69 Å². The van der Waals surface area contributed by atoms with Crippen LogP contribution < -0.4 is 26.4 Å². The first-order valence-corrected chi connectivity index (χ1v) is 6.60. The number of nitrogens with two attached hydrogens (primary N) is 1. The number of nitrogens with one attached hydrogen (secondary N) is 3. The average molecular weight is 298 g/mol. The summed E-state index contributed by atoms with van der Waals surface area (Å²) in [5.41, 5.74) is 5.40. The Hall–Kier alpha value is -1.58. The van der Waals surface area contributed by atoms with Gasteiger partial charge in [-0.2, -0.15) is 0 Å². The number of nitrogen functional groups attached to an aromatic ring is 1. The van der Waals surface area contributed by atoms with Crippen LogP contribution in [0.2, 0.25) is 0 Å². The first kappa shape index (κ1) is 15.8. The SMILES string of the molecule is CNC1(COc2cc(O)ccc2N)COC(NC)(NC)O1. The molecule has 1 aliphatic rings. The predicted octanol–water partition coefficient (Wildman–Crippen LogP) is -0.634. The molecule has 8 nitrogen and oxygen atoms in total. The summed E-state index contributed by atoms with van der Waals surface area (Å²) >= 11 is 0. The quantitative estimate of drug-likeness (QED) is 0.268. The van der Waals surface area contributed by atoms with Gasteiger partial charge in [0.15, 0.2) is 5.72 Å². The lowest BCUT2D eigenvalue weighted by atomic mass is 10.2. The number of hydrogen-bond acceptors (Lipinski definition) is 8. The molecule has 0 spiro atoms. The molecule has 21 heavy (non-hydrogen) atoms. The molecule has 0 amide bonds. The topological polar surface area (TPSA) is 110 Å². The number of phenols is 1. The van der Waals surface area contributed by atoms with Gasteiger partial charge in [0.1, 0.15) is 18.1 Å². The number of likely N-dealkylation sites (N-methyl/N-ethyl adjacent to an activating group) is 1. The van der Waals surface area contributed by atoms with Gasteiger partial charge in [-0.05, 0) is 33.3 Å². The van der Waals surface area contributed by atoms with E-state index in [1.165, 1.54) is 12.1 Å². The van der Waals surface area contributed by atoms with Crippen molar-refractivity contribution in [2.24, 2.45) is 0 Å². The third kappa shape index (κ3) is 3.20. The molecule has 0 aromatic heterocycles. The molecular formula is C13H22N4O4. The van der Waals surface area contributed by atoms with Crippen LogP contribution in [-0.2, 0) is 9.47 Å². The zero-order valence-electron chi connectivity index (χ0n) is 12.4. The van der Waals surface area contributed by atoms with E-state index >= 15 is 0 Å². The van der Waals surface area contributed by atoms with Crippen LogP contribution in [0.15, 0.2) is 18.2 Å². The average Bonchev–Trinajstić information content (AvgIpc) is 2.89. The van der Waals surface area contributed by atoms with Gasteiger partial charge in [-0.25, -0.2) is 0 Å². The molecule has 1 aliphatic heterocycles. The smallest absolute Gasteiger partial charge is 0.293 e. The highest BCUT2D eigenvalue weighted by Crippen LogP contribution is 2.30. The summed E-state index contributed by atoms with van der Waals surface area (Å²) in [7, 11) is 5.19. The maximum absolute atomic E-state index is 9.48. The van der Waals surface area contributed by atoms with E-state index in [2.05, 4.69) is 16.0 Å². The first-order valence-electron chi connectivity index (χ1n) is 6.60. The van der Waals surface area contributed by atoms with Crippen molar-refractivity contribution in [3.8, 4) is 11.5 Å². The summed E-state index contributed by atoms with van der Waals surface area (Å²) < 4.78 is 17.2. The monoisotopic (exact) mass is 298 g/mol. The van der Waals surface area contributed by atoms with E-state index in [1.54, 1.807) is 27.2 Å². The van der Waals surface area contributed by atoms with E-state index in [-0.39, 0.29) is 19.0 Å². The Balaban J connectivity index is 2.08. The minimum absolute atomic E-state index is 0.0843. The second kappa shape index (κ2) is 6.04. The van der Waals surface area contributed by atoms with Gasteiger partial charge in [-0.15, -0.1) is 0 Å². The first-order chi connectivity index (χ1) is 9.98. The van der Waals surface area contributed by atoms with Gasteiger partial charge >= 0.3 is 0 Å². The van der Waals surface area contributed by atoms with Gasteiger partial charge in [0.2, 0.25) is 0 Å². The summed E-state index contributed by atoms with van der Waals surface area (Å²) in [6, 6.07) is 3.46. The molecule has 6 N–H and O–H groups in total. The number of ether oxygens (including phenoxy) is 3. The largest absolute Gasteiger partial charge is 0.508 e. The molecule has 1 saturated heterocycles. The zero-order chi connectivity index (χ0) is 15.5. The van der Waals surface area contributed by atoms with E-state index in [0.717, 1.165) is 0 Å². The molecule has 118 valence electrons. The van der Waals surface area contributed by atoms with Crippen LogP contribution in [0.3, 0.4) is 0 Å². The third-order valence-electron chi connectivity index (χ3n) is 3.42. The highest BCUT2D eigenvalue weighted by atomic mass is 16.8. The fourth-order valence-corrected chi connectivity index (χ4v) is 2.03. The maximum Gasteiger partial charge on any atom is 0.293 e. The second-order valence-electron chi connectivity index (χ2n) is 4.76. The van der Waals surface area contributed by atoms with Crippen molar-refractivity contribution in [1.82, 2.24) is 16.0 Å². The van der Waals surface area contributed by atoms with Crippen molar-refractivity contribution in [3.05, 3.63) is 18.2 Å². The lowest BCUT2D eigenvalue weighted by Crippen LogP contribution is -2.59. The Morgan fingerprint density at radius 3 is 2.57 bits per heavy atom. The lowest BCUT2D eigenvalue weighted by Gasteiger charge is -2.31. The van der Waals surface area contributed by atoms with Gasteiger partial charge in [0.25, 0.3) is 6.03 Å². The highest BCUT2D eigenvalue weighted by molar-refractivity contribution is 5.55. The minimum Gasteiger partial charge on any atom is -0.508 e. The van der Waals surface area contributed by atoms with Crippen LogP contribution in [0.5, 0.6) is 11.5 Å². The Labute approximate surface area is 123 Å². The molecule has 1 unspecified atom stereocenters. The fourth-order valence-electron chi connectivity index (χ4n) is 2.03. The molecule has 0 radical (unpaired) electrons. The Morgan fingerprint density at radius 2 is 2.00 bits per heavy atom. The number of rotatable bonds is 6. The van der Waals surface area contributed by atoms with Crippen LogP contribution in [0, 0.1) is 0 Å². The van der Waals surface area contributed by atoms with Crippen molar-refractivity contribution in [2.45, 2.75) is 11.8 Å². The van der Waals surface area contributed by atoms with Crippen molar-refractivity contribution >= 4 is 5.69 Å². The van der Waals surface area contributed by atoms with E-state index in [0.29, 0.717) is 11.4 Å². The van der Waals surface area contributed by atoms with Crippen molar-refractivity contribution in [3.63, 3.8) is 0 Å². The Bertz CT molecular complexity index is 495. The van der Waals surface area contributed by atoms with E-state index in [9.17, 15) is 5.11 Å². The molecule has 1 fully saturated rings. The molecule has 1 aromatic carbocycles. The van der Waals surface area contributed by atoms with Gasteiger partial charge < -0.3 is 20.3 Å². The fraction of sp³-hybridized carbons (Fsp3) is 0.538. The van der Waals surface area contributed by atoms with Gasteiger partial charge in [-0.3, -0.25) is 20.7 Å². The lowest BCUT2D eigenvalue weighted by molar-refractivity contribution is -0.231.